The monoisotopic (exact) mass is 455 g/mol. The molecular formula is C22H18FN3O3S2. The first-order valence-electron chi connectivity index (χ1n) is 9.24. The molecule has 0 aliphatic heterocycles. The normalized spacial score (nSPS) is 10.7. The molecule has 1 N–H and O–H groups in total. The summed E-state index contributed by atoms with van der Waals surface area (Å²) in [6, 6.07) is 11.6. The van der Waals surface area contributed by atoms with E-state index in [2.05, 4.69) is 15.3 Å². The number of ether oxygens (including phenoxy) is 2. The number of carbonyl (C=O) groups excluding carboxylic acids is 1. The summed E-state index contributed by atoms with van der Waals surface area (Å²) in [7, 11) is 3.19. The molecule has 2 aromatic carbocycles. The molecule has 2 heterocycles. The Morgan fingerprint density at radius 1 is 1.03 bits per heavy atom. The Balaban J connectivity index is 1.44. The van der Waals surface area contributed by atoms with E-state index in [-0.39, 0.29) is 18.1 Å². The van der Waals surface area contributed by atoms with Crippen molar-refractivity contribution in [1.29, 1.82) is 0 Å². The van der Waals surface area contributed by atoms with Crippen molar-refractivity contribution in [2.24, 2.45) is 0 Å². The van der Waals surface area contributed by atoms with Crippen LogP contribution >= 0.6 is 22.7 Å². The van der Waals surface area contributed by atoms with Crippen LogP contribution in [0.15, 0.2) is 53.2 Å². The van der Waals surface area contributed by atoms with Gasteiger partial charge >= 0.3 is 0 Å². The SMILES string of the molecule is COc1ccc(OC)c(-c2csc(NC(=O)Cc3csc(-c4ccc(F)cc4)n3)n2)c1. The Kier molecular flexibility index (Phi) is 6.24. The smallest absolute Gasteiger partial charge is 0.232 e. The van der Waals surface area contributed by atoms with Gasteiger partial charge in [-0.1, -0.05) is 0 Å². The molecule has 0 bridgehead atoms. The molecule has 0 atom stereocenters. The zero-order chi connectivity index (χ0) is 21.8. The Labute approximate surface area is 186 Å². The van der Waals surface area contributed by atoms with Crippen LogP contribution in [-0.4, -0.2) is 30.1 Å². The quantitative estimate of drug-likeness (QED) is 0.411. The highest BCUT2D eigenvalue weighted by Gasteiger charge is 2.14. The van der Waals surface area contributed by atoms with E-state index in [4.69, 9.17) is 9.47 Å². The number of aromatic nitrogens is 2. The summed E-state index contributed by atoms with van der Waals surface area (Å²) in [4.78, 5) is 21.4. The molecular weight excluding hydrogens is 437 g/mol. The van der Waals surface area contributed by atoms with Crippen molar-refractivity contribution in [1.82, 2.24) is 9.97 Å². The number of thiazole rings is 2. The number of hydrogen-bond donors (Lipinski definition) is 1. The third kappa shape index (κ3) is 4.89. The number of nitrogens with one attached hydrogen (secondary N) is 1. The number of rotatable bonds is 7. The Hall–Kier alpha value is -3.30. The lowest BCUT2D eigenvalue weighted by atomic mass is 10.1. The summed E-state index contributed by atoms with van der Waals surface area (Å²) in [6.07, 6.45) is 0.120. The third-order valence-corrected chi connectivity index (χ3v) is 6.12. The van der Waals surface area contributed by atoms with E-state index in [0.717, 1.165) is 16.1 Å². The lowest BCUT2D eigenvalue weighted by Crippen LogP contribution is -2.14. The molecule has 0 saturated heterocycles. The molecule has 4 rings (SSSR count). The zero-order valence-corrected chi connectivity index (χ0v) is 18.3. The summed E-state index contributed by atoms with van der Waals surface area (Å²) >= 11 is 2.74. The van der Waals surface area contributed by atoms with Crippen LogP contribution in [-0.2, 0) is 11.2 Å². The minimum Gasteiger partial charge on any atom is -0.497 e. The number of hydrogen-bond acceptors (Lipinski definition) is 7. The van der Waals surface area contributed by atoms with Crippen LogP contribution in [0.4, 0.5) is 9.52 Å². The predicted octanol–water partition coefficient (Wildman–Crippen LogP) is 5.27. The molecule has 0 saturated carbocycles. The van der Waals surface area contributed by atoms with Crippen molar-refractivity contribution in [3.63, 3.8) is 0 Å². The first-order chi connectivity index (χ1) is 15.1. The van der Waals surface area contributed by atoms with E-state index in [9.17, 15) is 9.18 Å². The maximum Gasteiger partial charge on any atom is 0.232 e. The van der Waals surface area contributed by atoms with E-state index >= 15 is 0 Å². The Morgan fingerprint density at radius 3 is 2.58 bits per heavy atom. The summed E-state index contributed by atoms with van der Waals surface area (Å²) in [6.45, 7) is 0. The predicted molar refractivity (Wildman–Crippen MR) is 120 cm³/mol. The van der Waals surface area contributed by atoms with E-state index in [0.29, 0.717) is 28.0 Å². The van der Waals surface area contributed by atoms with E-state index in [1.54, 1.807) is 26.4 Å². The van der Waals surface area contributed by atoms with Gasteiger partial charge in [0.15, 0.2) is 5.13 Å². The highest BCUT2D eigenvalue weighted by atomic mass is 32.1. The molecule has 2 aromatic heterocycles. The van der Waals surface area contributed by atoms with Crippen LogP contribution in [0.3, 0.4) is 0 Å². The van der Waals surface area contributed by atoms with Gasteiger partial charge in [-0.05, 0) is 42.5 Å². The molecule has 1 amide bonds. The van der Waals surface area contributed by atoms with Crippen LogP contribution in [0.2, 0.25) is 0 Å². The van der Waals surface area contributed by atoms with Crippen LogP contribution in [0.25, 0.3) is 21.8 Å². The molecule has 0 aliphatic rings. The fourth-order valence-corrected chi connectivity index (χ4v) is 4.46. The average molecular weight is 456 g/mol. The number of benzene rings is 2. The molecule has 0 unspecified atom stereocenters. The van der Waals surface area contributed by atoms with Crippen LogP contribution in [0.5, 0.6) is 11.5 Å². The van der Waals surface area contributed by atoms with E-state index in [1.165, 1.54) is 34.8 Å². The van der Waals surface area contributed by atoms with Gasteiger partial charge in [0.2, 0.25) is 5.91 Å². The summed E-state index contributed by atoms with van der Waals surface area (Å²) in [5, 5.41) is 7.72. The fourth-order valence-electron chi connectivity index (χ4n) is 2.91. The molecule has 0 aliphatic carbocycles. The van der Waals surface area contributed by atoms with Gasteiger partial charge in [-0.2, -0.15) is 0 Å². The minimum absolute atomic E-state index is 0.120. The first kappa shape index (κ1) is 21.0. The number of anilines is 1. The van der Waals surface area contributed by atoms with Crippen molar-refractivity contribution < 1.29 is 18.7 Å². The molecule has 9 heteroatoms. The van der Waals surface area contributed by atoms with Crippen molar-refractivity contribution in [3.05, 3.63) is 64.7 Å². The van der Waals surface area contributed by atoms with Gasteiger partial charge in [0, 0.05) is 21.9 Å². The maximum atomic E-state index is 13.1. The number of methoxy groups -OCH3 is 2. The number of nitrogens with zero attached hydrogens (tertiary/aromatic N) is 2. The highest BCUT2D eigenvalue weighted by molar-refractivity contribution is 7.14. The van der Waals surface area contributed by atoms with Gasteiger partial charge < -0.3 is 14.8 Å². The molecule has 0 spiro atoms. The lowest BCUT2D eigenvalue weighted by Gasteiger charge is -2.08. The number of amides is 1. The van der Waals surface area contributed by atoms with Gasteiger partial charge in [-0.3, -0.25) is 4.79 Å². The molecule has 158 valence electrons. The van der Waals surface area contributed by atoms with Gasteiger partial charge in [-0.25, -0.2) is 14.4 Å². The first-order valence-corrected chi connectivity index (χ1v) is 11.0. The van der Waals surface area contributed by atoms with Gasteiger partial charge in [0.25, 0.3) is 0 Å². The zero-order valence-electron chi connectivity index (χ0n) is 16.7. The van der Waals surface area contributed by atoms with Gasteiger partial charge in [0.1, 0.15) is 22.3 Å². The van der Waals surface area contributed by atoms with Crippen molar-refractivity contribution in [2.75, 3.05) is 19.5 Å². The van der Waals surface area contributed by atoms with E-state index in [1.807, 2.05) is 29.0 Å². The minimum atomic E-state index is -0.297. The summed E-state index contributed by atoms with van der Waals surface area (Å²) in [5.74, 6) is 0.846. The summed E-state index contributed by atoms with van der Waals surface area (Å²) < 4.78 is 23.8. The number of carbonyl (C=O) groups is 1. The third-order valence-electron chi connectivity index (χ3n) is 4.42. The van der Waals surface area contributed by atoms with Crippen LogP contribution in [0.1, 0.15) is 5.69 Å². The Morgan fingerprint density at radius 2 is 1.84 bits per heavy atom. The second-order valence-electron chi connectivity index (χ2n) is 6.48. The fraction of sp³-hybridized carbons (Fsp3) is 0.136. The van der Waals surface area contributed by atoms with Crippen molar-refractivity contribution >= 4 is 33.7 Å². The molecule has 0 radical (unpaired) electrons. The van der Waals surface area contributed by atoms with Crippen molar-refractivity contribution in [2.45, 2.75) is 6.42 Å². The number of halogens is 1. The van der Waals surface area contributed by atoms with E-state index < -0.39 is 0 Å². The maximum absolute atomic E-state index is 13.1. The lowest BCUT2D eigenvalue weighted by molar-refractivity contribution is -0.115. The Bertz CT molecular complexity index is 1200. The average Bonchev–Trinajstić information content (AvgIpc) is 3.43. The molecule has 0 fully saturated rings. The standard InChI is InChI=1S/C22H18FN3O3S2/c1-28-16-7-8-19(29-2)17(10-16)18-12-31-22(25-18)26-20(27)9-15-11-30-21(24-15)13-3-5-14(23)6-4-13/h3-8,10-12H,9H2,1-2H3,(H,25,26,27). The van der Waals surface area contributed by atoms with Crippen LogP contribution in [0, 0.1) is 5.82 Å². The topological polar surface area (TPSA) is 73.3 Å². The van der Waals surface area contributed by atoms with Gasteiger partial charge in [0.05, 0.1) is 32.0 Å². The molecule has 6 nitrogen and oxygen atoms in total. The highest BCUT2D eigenvalue weighted by Crippen LogP contribution is 2.35. The summed E-state index contributed by atoms with van der Waals surface area (Å²) in [5.41, 5.74) is 2.92. The second kappa shape index (κ2) is 9.23. The largest absolute Gasteiger partial charge is 0.497 e. The van der Waals surface area contributed by atoms with Crippen LogP contribution < -0.4 is 14.8 Å². The molecule has 4 aromatic rings. The second-order valence-corrected chi connectivity index (χ2v) is 8.20. The molecule has 31 heavy (non-hydrogen) atoms. The van der Waals surface area contributed by atoms with Gasteiger partial charge in [-0.15, -0.1) is 22.7 Å². The van der Waals surface area contributed by atoms with Crippen molar-refractivity contribution in [3.8, 4) is 33.3 Å².